The van der Waals surface area contributed by atoms with Crippen LogP contribution in [0.25, 0.3) is 0 Å². The molecule has 2 unspecified atom stereocenters. The first-order valence-corrected chi connectivity index (χ1v) is 4.95. The number of nitrogens with one attached hydrogen (secondary N) is 1. The third-order valence-electron chi connectivity index (χ3n) is 2.63. The van der Waals surface area contributed by atoms with Crippen LogP contribution in [0.3, 0.4) is 0 Å². The molecule has 0 aromatic carbocycles. The number of terminal acetylenes is 1. The quantitative estimate of drug-likeness (QED) is 0.614. The fraction of sp³-hybridized carbons (Fsp3) is 0.818. The zero-order valence-electron chi connectivity index (χ0n) is 9.63. The third-order valence-corrected chi connectivity index (χ3v) is 2.63. The topological polar surface area (TPSA) is 47.3 Å². The molecule has 0 aliphatic heterocycles. The zero-order chi connectivity index (χ0) is 11.2. The summed E-state index contributed by atoms with van der Waals surface area (Å²) >= 11 is 0. The number of hydrogen-bond acceptors (Lipinski definition) is 3. The van der Waals surface area contributed by atoms with E-state index in [1.54, 1.807) is 7.11 Å². The van der Waals surface area contributed by atoms with Gasteiger partial charge >= 0.3 is 0 Å². The third kappa shape index (κ3) is 3.30. The summed E-state index contributed by atoms with van der Waals surface area (Å²) in [5, 5.41) is 3.34. The van der Waals surface area contributed by atoms with Gasteiger partial charge in [-0.15, -0.1) is 6.42 Å². The lowest BCUT2D eigenvalue weighted by Crippen LogP contribution is -2.60. The van der Waals surface area contributed by atoms with Crippen molar-refractivity contribution in [3.8, 4) is 12.3 Å². The van der Waals surface area contributed by atoms with E-state index in [0.717, 1.165) is 0 Å². The average molecular weight is 198 g/mol. The molecule has 3 heteroatoms. The smallest absolute Gasteiger partial charge is 0.0663 e. The van der Waals surface area contributed by atoms with E-state index in [1.807, 2.05) is 6.92 Å². The van der Waals surface area contributed by atoms with Crippen LogP contribution in [0.1, 0.15) is 20.8 Å². The number of nitrogens with two attached hydrogens (primary N) is 1. The lowest BCUT2D eigenvalue weighted by molar-refractivity contribution is 0.0800. The highest BCUT2D eigenvalue weighted by molar-refractivity contribution is 5.03. The van der Waals surface area contributed by atoms with Crippen LogP contribution in [0, 0.1) is 18.3 Å². The Balaban J connectivity index is 4.59. The Hall–Kier alpha value is -0.560. The van der Waals surface area contributed by atoms with Crippen molar-refractivity contribution >= 4 is 0 Å². The number of methoxy groups -OCH3 is 1. The summed E-state index contributed by atoms with van der Waals surface area (Å²) in [6, 6.07) is 0.0103. The predicted octanol–water partition coefficient (Wildman–Crippen LogP) is 0.598. The monoisotopic (exact) mass is 198 g/mol. The van der Waals surface area contributed by atoms with Crippen LogP contribution < -0.4 is 11.1 Å². The molecule has 3 nitrogen and oxygen atoms in total. The molecule has 82 valence electrons. The molecule has 0 bridgehead atoms. The molecule has 14 heavy (non-hydrogen) atoms. The van der Waals surface area contributed by atoms with Crippen molar-refractivity contribution in [2.24, 2.45) is 11.7 Å². The minimum atomic E-state index is -0.222. The average Bonchev–Trinajstić information content (AvgIpc) is 2.16. The molecule has 0 heterocycles. The molecule has 3 N–H and O–H groups in total. The van der Waals surface area contributed by atoms with Crippen LogP contribution in [0.2, 0.25) is 0 Å². The fourth-order valence-corrected chi connectivity index (χ4v) is 1.46. The van der Waals surface area contributed by atoms with Crippen molar-refractivity contribution in [3.63, 3.8) is 0 Å². The molecule has 0 aliphatic rings. The largest absolute Gasteiger partial charge is 0.383 e. The van der Waals surface area contributed by atoms with E-state index < -0.39 is 0 Å². The van der Waals surface area contributed by atoms with Crippen molar-refractivity contribution < 1.29 is 4.74 Å². The summed E-state index contributed by atoms with van der Waals surface area (Å²) in [6.07, 6.45) is 5.34. The Morgan fingerprint density at radius 3 is 2.36 bits per heavy atom. The van der Waals surface area contributed by atoms with Crippen molar-refractivity contribution in [1.29, 1.82) is 0 Å². The molecule has 0 aliphatic carbocycles. The SMILES string of the molecule is C#CC(C)NC(CN)(COC)C(C)C. The highest BCUT2D eigenvalue weighted by Gasteiger charge is 2.33. The minimum Gasteiger partial charge on any atom is -0.383 e. The second-order valence-corrected chi connectivity index (χ2v) is 3.98. The molecule has 2 atom stereocenters. The summed E-state index contributed by atoms with van der Waals surface area (Å²) in [4.78, 5) is 0. The number of ether oxygens (including phenoxy) is 1. The number of rotatable bonds is 6. The summed E-state index contributed by atoms with van der Waals surface area (Å²) in [5.74, 6) is 3.02. The van der Waals surface area contributed by atoms with Gasteiger partial charge < -0.3 is 10.5 Å². The Morgan fingerprint density at radius 2 is 2.07 bits per heavy atom. The molecule has 0 radical (unpaired) electrons. The van der Waals surface area contributed by atoms with E-state index in [-0.39, 0.29) is 11.6 Å². The van der Waals surface area contributed by atoms with Crippen molar-refractivity contribution in [2.75, 3.05) is 20.3 Å². The second-order valence-electron chi connectivity index (χ2n) is 3.98. The Labute approximate surface area is 87.4 Å². The van der Waals surface area contributed by atoms with Crippen LogP contribution in [0.15, 0.2) is 0 Å². The van der Waals surface area contributed by atoms with E-state index in [4.69, 9.17) is 16.9 Å². The van der Waals surface area contributed by atoms with Gasteiger partial charge in [-0.05, 0) is 12.8 Å². The maximum Gasteiger partial charge on any atom is 0.0663 e. The van der Waals surface area contributed by atoms with Gasteiger partial charge in [0.1, 0.15) is 0 Å². The van der Waals surface area contributed by atoms with Gasteiger partial charge in [-0.2, -0.15) is 0 Å². The summed E-state index contributed by atoms with van der Waals surface area (Å²) in [7, 11) is 1.68. The number of hydrogen-bond donors (Lipinski definition) is 2. The maximum atomic E-state index is 5.79. The van der Waals surface area contributed by atoms with Gasteiger partial charge in [0, 0.05) is 13.7 Å². The minimum absolute atomic E-state index is 0.0103. The van der Waals surface area contributed by atoms with Gasteiger partial charge in [0.2, 0.25) is 0 Å². The van der Waals surface area contributed by atoms with E-state index in [9.17, 15) is 0 Å². The normalized spacial score (nSPS) is 17.5. The molecular weight excluding hydrogens is 176 g/mol. The van der Waals surface area contributed by atoms with E-state index in [1.165, 1.54) is 0 Å². The lowest BCUT2D eigenvalue weighted by atomic mass is 9.86. The molecular formula is C11H22N2O. The van der Waals surface area contributed by atoms with Gasteiger partial charge in [-0.25, -0.2) is 0 Å². The van der Waals surface area contributed by atoms with Gasteiger partial charge in [-0.1, -0.05) is 19.8 Å². The predicted molar refractivity (Wildman–Crippen MR) is 59.9 cm³/mol. The summed E-state index contributed by atoms with van der Waals surface area (Å²) in [5.41, 5.74) is 5.56. The molecule has 0 aromatic heterocycles. The van der Waals surface area contributed by atoms with Crippen LogP contribution >= 0.6 is 0 Å². The summed E-state index contributed by atoms with van der Waals surface area (Å²) < 4.78 is 5.19. The first-order valence-electron chi connectivity index (χ1n) is 4.95. The standard InChI is InChI=1S/C11H22N2O/c1-6-10(4)13-11(7-12,8-14-5)9(2)3/h1,9-10,13H,7-8,12H2,2-5H3. The van der Waals surface area contributed by atoms with Crippen LogP contribution in [0.4, 0.5) is 0 Å². The Kier molecular flexibility index (Phi) is 5.78. The maximum absolute atomic E-state index is 5.79. The molecule has 0 spiro atoms. The summed E-state index contributed by atoms with van der Waals surface area (Å²) in [6.45, 7) is 7.27. The van der Waals surface area contributed by atoms with E-state index in [2.05, 4.69) is 25.1 Å². The van der Waals surface area contributed by atoms with Crippen LogP contribution in [0.5, 0.6) is 0 Å². The highest BCUT2D eigenvalue weighted by Crippen LogP contribution is 2.17. The fourth-order valence-electron chi connectivity index (χ4n) is 1.46. The first kappa shape index (κ1) is 13.4. The Morgan fingerprint density at radius 1 is 1.50 bits per heavy atom. The van der Waals surface area contributed by atoms with Crippen LogP contribution in [-0.2, 0) is 4.74 Å². The van der Waals surface area contributed by atoms with E-state index in [0.29, 0.717) is 19.1 Å². The zero-order valence-corrected chi connectivity index (χ0v) is 9.63. The lowest BCUT2D eigenvalue weighted by Gasteiger charge is -2.38. The van der Waals surface area contributed by atoms with Gasteiger partial charge in [0.15, 0.2) is 0 Å². The highest BCUT2D eigenvalue weighted by atomic mass is 16.5. The van der Waals surface area contributed by atoms with Crippen molar-refractivity contribution in [1.82, 2.24) is 5.32 Å². The molecule has 0 saturated heterocycles. The van der Waals surface area contributed by atoms with Gasteiger partial charge in [0.25, 0.3) is 0 Å². The van der Waals surface area contributed by atoms with E-state index >= 15 is 0 Å². The molecule has 0 aromatic rings. The van der Waals surface area contributed by atoms with Gasteiger partial charge in [0.05, 0.1) is 18.2 Å². The molecule has 0 amide bonds. The molecule has 0 saturated carbocycles. The van der Waals surface area contributed by atoms with Gasteiger partial charge in [-0.3, -0.25) is 5.32 Å². The van der Waals surface area contributed by atoms with Crippen molar-refractivity contribution in [2.45, 2.75) is 32.4 Å². The Bertz CT molecular complexity index is 198. The second kappa shape index (κ2) is 6.02. The van der Waals surface area contributed by atoms with Crippen LogP contribution in [-0.4, -0.2) is 31.8 Å². The molecule has 0 fully saturated rings. The first-order chi connectivity index (χ1) is 6.52. The molecule has 0 rings (SSSR count). The van der Waals surface area contributed by atoms with Crippen molar-refractivity contribution in [3.05, 3.63) is 0 Å².